The van der Waals surface area contributed by atoms with Crippen molar-refractivity contribution in [1.29, 1.82) is 0 Å². The Balaban J connectivity index is 1.83. The van der Waals surface area contributed by atoms with Gasteiger partial charge in [0.2, 0.25) is 0 Å². The van der Waals surface area contributed by atoms with Gasteiger partial charge in [-0.05, 0) is 31.7 Å². The summed E-state index contributed by atoms with van der Waals surface area (Å²) in [4.78, 5) is 0. The smallest absolute Gasteiger partial charge is 0.0480 e. The van der Waals surface area contributed by atoms with E-state index in [9.17, 15) is 0 Å². The summed E-state index contributed by atoms with van der Waals surface area (Å²) < 4.78 is 5.39. The van der Waals surface area contributed by atoms with Gasteiger partial charge in [0.1, 0.15) is 0 Å². The van der Waals surface area contributed by atoms with Gasteiger partial charge in [-0.2, -0.15) is 0 Å². The summed E-state index contributed by atoms with van der Waals surface area (Å²) >= 11 is 0. The van der Waals surface area contributed by atoms with Gasteiger partial charge in [0.15, 0.2) is 0 Å². The molecule has 0 aromatic heterocycles. The lowest BCUT2D eigenvalue weighted by Crippen LogP contribution is -2.53. The van der Waals surface area contributed by atoms with Crippen LogP contribution in [0.15, 0.2) is 0 Å². The Kier molecular flexibility index (Phi) is 1.91. The Morgan fingerprint density at radius 3 is 3.00 bits per heavy atom. The van der Waals surface area contributed by atoms with Crippen molar-refractivity contribution in [3.63, 3.8) is 0 Å². The second kappa shape index (κ2) is 2.89. The molecule has 58 valence electrons. The van der Waals surface area contributed by atoms with Gasteiger partial charge in [0.05, 0.1) is 0 Å². The van der Waals surface area contributed by atoms with Gasteiger partial charge in [0, 0.05) is 19.3 Å². The molecule has 0 amide bonds. The molecule has 2 unspecified atom stereocenters. The Labute approximate surface area is 61.9 Å². The van der Waals surface area contributed by atoms with Crippen molar-refractivity contribution in [2.75, 3.05) is 19.8 Å². The molecule has 2 saturated heterocycles. The predicted octanol–water partition coefficient (Wildman–Crippen LogP) is 0.775. The van der Waals surface area contributed by atoms with Crippen LogP contribution in [-0.2, 0) is 4.74 Å². The Hall–Kier alpha value is -0.0800. The van der Waals surface area contributed by atoms with Crippen LogP contribution in [0.25, 0.3) is 0 Å². The molecule has 2 heteroatoms. The zero-order chi connectivity index (χ0) is 6.81. The monoisotopic (exact) mass is 141 g/mol. The molecule has 0 aliphatic carbocycles. The minimum atomic E-state index is 0.792. The van der Waals surface area contributed by atoms with Gasteiger partial charge in [-0.1, -0.05) is 0 Å². The molecule has 0 spiro atoms. The molecular formula is C8H15NO. The van der Waals surface area contributed by atoms with Crippen LogP contribution < -0.4 is 5.32 Å². The van der Waals surface area contributed by atoms with Crippen molar-refractivity contribution in [1.82, 2.24) is 5.32 Å². The Morgan fingerprint density at radius 1 is 1.20 bits per heavy atom. The van der Waals surface area contributed by atoms with Gasteiger partial charge in [-0.15, -0.1) is 0 Å². The van der Waals surface area contributed by atoms with Crippen LogP contribution in [0, 0.1) is 5.92 Å². The van der Waals surface area contributed by atoms with E-state index in [-0.39, 0.29) is 0 Å². The number of rotatable bonds is 0. The maximum absolute atomic E-state index is 5.39. The maximum atomic E-state index is 5.39. The van der Waals surface area contributed by atoms with Gasteiger partial charge < -0.3 is 10.1 Å². The van der Waals surface area contributed by atoms with Crippen molar-refractivity contribution in [2.45, 2.75) is 25.3 Å². The lowest BCUT2D eigenvalue weighted by molar-refractivity contribution is 0.0652. The minimum Gasteiger partial charge on any atom is -0.381 e. The largest absolute Gasteiger partial charge is 0.381 e. The van der Waals surface area contributed by atoms with E-state index in [2.05, 4.69) is 5.32 Å². The van der Waals surface area contributed by atoms with Crippen molar-refractivity contribution in [3.8, 4) is 0 Å². The molecule has 0 bridgehead atoms. The maximum Gasteiger partial charge on any atom is 0.0480 e. The molecule has 10 heavy (non-hydrogen) atoms. The summed E-state index contributed by atoms with van der Waals surface area (Å²) in [6.45, 7) is 3.21. The first-order chi connectivity index (χ1) is 4.97. The number of hydrogen-bond acceptors (Lipinski definition) is 2. The summed E-state index contributed by atoms with van der Waals surface area (Å²) in [5.74, 6) is 0.976. The van der Waals surface area contributed by atoms with E-state index in [0.29, 0.717) is 0 Å². The standard InChI is InChI=1S/C8H15NO/c1-2-7-6-9-8(7)3-5-10-4-1/h7-9H,1-6H2. The topological polar surface area (TPSA) is 21.3 Å². The van der Waals surface area contributed by atoms with Crippen LogP contribution in [0.2, 0.25) is 0 Å². The highest BCUT2D eigenvalue weighted by Crippen LogP contribution is 2.23. The molecule has 2 fully saturated rings. The first-order valence-corrected chi connectivity index (χ1v) is 4.28. The van der Waals surface area contributed by atoms with E-state index in [1.54, 1.807) is 0 Å². The van der Waals surface area contributed by atoms with Gasteiger partial charge >= 0.3 is 0 Å². The summed E-state index contributed by atoms with van der Waals surface area (Å²) in [7, 11) is 0. The molecular weight excluding hydrogens is 126 g/mol. The highest BCUT2D eigenvalue weighted by molar-refractivity contribution is 4.88. The fraction of sp³-hybridized carbons (Fsp3) is 1.00. The molecule has 2 nitrogen and oxygen atoms in total. The normalized spacial score (nSPS) is 40.8. The van der Waals surface area contributed by atoms with Crippen molar-refractivity contribution < 1.29 is 4.74 Å². The molecule has 0 aromatic carbocycles. The van der Waals surface area contributed by atoms with E-state index in [4.69, 9.17) is 4.74 Å². The van der Waals surface area contributed by atoms with E-state index in [1.807, 2.05) is 0 Å². The van der Waals surface area contributed by atoms with Crippen LogP contribution >= 0.6 is 0 Å². The average Bonchev–Trinajstić information content (AvgIpc) is 1.89. The zero-order valence-electron chi connectivity index (χ0n) is 6.31. The Morgan fingerprint density at radius 2 is 2.20 bits per heavy atom. The molecule has 2 rings (SSSR count). The van der Waals surface area contributed by atoms with Crippen molar-refractivity contribution >= 4 is 0 Å². The average molecular weight is 141 g/mol. The lowest BCUT2D eigenvalue weighted by Gasteiger charge is -2.39. The number of ether oxygens (including phenoxy) is 1. The second-order valence-corrected chi connectivity index (χ2v) is 3.32. The highest BCUT2D eigenvalue weighted by Gasteiger charge is 2.29. The van der Waals surface area contributed by atoms with E-state index < -0.39 is 0 Å². The highest BCUT2D eigenvalue weighted by atomic mass is 16.5. The summed E-state index contributed by atoms with van der Waals surface area (Å²) in [6, 6.07) is 0.792. The fourth-order valence-corrected chi connectivity index (χ4v) is 1.85. The third-order valence-corrected chi connectivity index (χ3v) is 2.65. The van der Waals surface area contributed by atoms with Gasteiger partial charge in [-0.3, -0.25) is 0 Å². The SMILES string of the molecule is C1COCCC2NCC2C1. The van der Waals surface area contributed by atoms with Crippen LogP contribution in [0.4, 0.5) is 0 Å². The number of nitrogens with one attached hydrogen (secondary N) is 1. The van der Waals surface area contributed by atoms with Crippen LogP contribution in [-0.4, -0.2) is 25.8 Å². The van der Waals surface area contributed by atoms with Crippen molar-refractivity contribution in [2.24, 2.45) is 5.92 Å². The second-order valence-electron chi connectivity index (χ2n) is 3.32. The molecule has 2 atom stereocenters. The van der Waals surface area contributed by atoms with Gasteiger partial charge in [0.25, 0.3) is 0 Å². The van der Waals surface area contributed by atoms with Crippen LogP contribution in [0.1, 0.15) is 19.3 Å². The van der Waals surface area contributed by atoms with E-state index in [0.717, 1.165) is 25.2 Å². The molecule has 2 heterocycles. The third kappa shape index (κ3) is 1.18. The summed E-state index contributed by atoms with van der Waals surface area (Å²) in [5.41, 5.74) is 0. The minimum absolute atomic E-state index is 0.792. The molecule has 1 N–H and O–H groups in total. The lowest BCUT2D eigenvalue weighted by atomic mass is 9.85. The van der Waals surface area contributed by atoms with Crippen molar-refractivity contribution in [3.05, 3.63) is 0 Å². The molecule has 2 aliphatic heterocycles. The molecule has 0 aromatic rings. The fourth-order valence-electron chi connectivity index (χ4n) is 1.85. The zero-order valence-corrected chi connectivity index (χ0v) is 6.31. The van der Waals surface area contributed by atoms with E-state index >= 15 is 0 Å². The first-order valence-electron chi connectivity index (χ1n) is 4.28. The van der Waals surface area contributed by atoms with Crippen LogP contribution in [0.5, 0.6) is 0 Å². The van der Waals surface area contributed by atoms with Crippen LogP contribution in [0.3, 0.4) is 0 Å². The molecule has 2 aliphatic rings. The summed E-state index contributed by atoms with van der Waals surface area (Å²) in [5, 5.41) is 3.44. The predicted molar refractivity (Wildman–Crippen MR) is 40.0 cm³/mol. The molecule has 0 saturated carbocycles. The molecule has 0 radical (unpaired) electrons. The quantitative estimate of drug-likeness (QED) is 0.538. The number of fused-ring (bicyclic) bond motifs is 1. The van der Waals surface area contributed by atoms with E-state index in [1.165, 1.54) is 25.8 Å². The van der Waals surface area contributed by atoms with Gasteiger partial charge in [-0.25, -0.2) is 0 Å². The summed E-state index contributed by atoms with van der Waals surface area (Å²) in [6.07, 6.45) is 3.87. The Bertz CT molecular complexity index is 102. The first kappa shape index (κ1) is 6.62. The number of hydrogen-bond donors (Lipinski definition) is 1. The third-order valence-electron chi connectivity index (χ3n) is 2.65.